The van der Waals surface area contributed by atoms with Crippen LogP contribution in [0.5, 0.6) is 0 Å². The first-order valence-electron chi connectivity index (χ1n) is 7.57. The van der Waals surface area contributed by atoms with E-state index in [1.54, 1.807) is 0 Å². The third-order valence-electron chi connectivity index (χ3n) is 3.69. The van der Waals surface area contributed by atoms with Gasteiger partial charge in [-0.1, -0.05) is 28.9 Å². The van der Waals surface area contributed by atoms with E-state index in [-0.39, 0.29) is 29.8 Å². The maximum absolute atomic E-state index is 13.7. The second-order valence-corrected chi connectivity index (χ2v) is 5.69. The quantitative estimate of drug-likeness (QED) is 0.782. The largest absolute Gasteiger partial charge is 0.403 e. The van der Waals surface area contributed by atoms with Gasteiger partial charge in [0.2, 0.25) is 5.91 Å². The molecule has 128 valence electrons. The van der Waals surface area contributed by atoms with Crippen molar-refractivity contribution in [2.45, 2.75) is 20.3 Å². The molecule has 1 N–H and O–H groups in total. The summed E-state index contributed by atoms with van der Waals surface area (Å²) < 4.78 is 31.9. The number of hydrogen-bond acceptors (Lipinski definition) is 4. The van der Waals surface area contributed by atoms with E-state index in [0.717, 1.165) is 28.8 Å². The highest BCUT2D eigenvalue weighted by molar-refractivity contribution is 5.90. The molecule has 2 aromatic carbocycles. The molecule has 0 spiro atoms. The molecule has 25 heavy (non-hydrogen) atoms. The Labute approximate surface area is 142 Å². The fraction of sp³-hybridized carbons (Fsp3) is 0.167. The van der Waals surface area contributed by atoms with Gasteiger partial charge in [-0.05, 0) is 37.1 Å². The first-order valence-corrected chi connectivity index (χ1v) is 7.57. The Hall–Kier alpha value is -3.09. The van der Waals surface area contributed by atoms with Crippen molar-refractivity contribution in [2.75, 3.05) is 5.32 Å². The van der Waals surface area contributed by atoms with Crippen LogP contribution in [-0.4, -0.2) is 16.1 Å². The lowest BCUT2D eigenvalue weighted by Crippen LogP contribution is -2.15. The first-order chi connectivity index (χ1) is 11.9. The lowest BCUT2D eigenvalue weighted by molar-refractivity contribution is -0.115. The molecule has 0 saturated heterocycles. The lowest BCUT2D eigenvalue weighted by Gasteiger charge is -2.06. The molecule has 1 heterocycles. The maximum Gasteiger partial charge on any atom is 0.322 e. The number of nitrogens with zero attached hydrogens (tertiary/aromatic N) is 2. The molecular weight excluding hydrogens is 328 g/mol. The van der Waals surface area contributed by atoms with Gasteiger partial charge in [-0.15, -0.1) is 5.10 Å². The minimum Gasteiger partial charge on any atom is -0.403 e. The average molecular weight is 343 g/mol. The highest BCUT2D eigenvalue weighted by atomic mass is 19.1. The number of hydrogen-bond donors (Lipinski definition) is 1. The summed E-state index contributed by atoms with van der Waals surface area (Å²) in [6.07, 6.45) is 0.149. The molecule has 1 aromatic heterocycles. The lowest BCUT2D eigenvalue weighted by atomic mass is 10.0. The van der Waals surface area contributed by atoms with Crippen LogP contribution in [0, 0.1) is 25.5 Å². The van der Waals surface area contributed by atoms with Crippen molar-refractivity contribution < 1.29 is 18.0 Å². The van der Waals surface area contributed by atoms with Gasteiger partial charge in [-0.3, -0.25) is 10.1 Å². The smallest absolute Gasteiger partial charge is 0.322 e. The Morgan fingerprint density at radius 3 is 2.68 bits per heavy atom. The van der Waals surface area contributed by atoms with Gasteiger partial charge in [0.15, 0.2) is 0 Å². The molecule has 3 rings (SSSR count). The van der Waals surface area contributed by atoms with Crippen LogP contribution in [-0.2, 0) is 11.2 Å². The molecule has 7 heteroatoms. The molecule has 0 radical (unpaired) electrons. The number of anilines is 1. The van der Waals surface area contributed by atoms with E-state index < -0.39 is 11.6 Å². The zero-order valence-corrected chi connectivity index (χ0v) is 13.6. The maximum atomic E-state index is 13.7. The highest BCUT2D eigenvalue weighted by Crippen LogP contribution is 2.23. The van der Waals surface area contributed by atoms with Gasteiger partial charge in [0, 0.05) is 6.07 Å². The van der Waals surface area contributed by atoms with E-state index in [1.807, 2.05) is 32.0 Å². The SMILES string of the molecule is Cc1ccc(C)c(CC(=O)Nc2nnc(-c3ccc(F)cc3F)o2)c1. The Kier molecular flexibility index (Phi) is 4.56. The normalized spacial score (nSPS) is 10.7. The number of halogens is 2. The molecule has 0 aliphatic carbocycles. The van der Waals surface area contributed by atoms with Gasteiger partial charge in [0.25, 0.3) is 5.89 Å². The Balaban J connectivity index is 1.72. The number of benzene rings is 2. The van der Waals surface area contributed by atoms with Crippen molar-refractivity contribution in [1.82, 2.24) is 10.2 Å². The van der Waals surface area contributed by atoms with E-state index in [0.29, 0.717) is 0 Å². The van der Waals surface area contributed by atoms with Crippen molar-refractivity contribution >= 4 is 11.9 Å². The predicted molar refractivity (Wildman–Crippen MR) is 87.9 cm³/mol. The van der Waals surface area contributed by atoms with Gasteiger partial charge in [-0.25, -0.2) is 8.78 Å². The molecule has 0 aliphatic rings. The number of aryl methyl sites for hydroxylation is 2. The fourth-order valence-electron chi connectivity index (χ4n) is 2.37. The minimum atomic E-state index is -0.822. The number of nitrogens with one attached hydrogen (secondary N) is 1. The van der Waals surface area contributed by atoms with Crippen molar-refractivity contribution in [3.8, 4) is 11.5 Å². The predicted octanol–water partition coefficient (Wildman–Crippen LogP) is 3.81. The van der Waals surface area contributed by atoms with Crippen molar-refractivity contribution in [3.63, 3.8) is 0 Å². The van der Waals surface area contributed by atoms with Crippen molar-refractivity contribution in [3.05, 3.63) is 64.7 Å². The van der Waals surface area contributed by atoms with E-state index in [2.05, 4.69) is 15.5 Å². The van der Waals surface area contributed by atoms with Gasteiger partial charge >= 0.3 is 6.01 Å². The van der Waals surface area contributed by atoms with Crippen LogP contribution in [0.4, 0.5) is 14.8 Å². The summed E-state index contributed by atoms with van der Waals surface area (Å²) in [5, 5.41) is 9.83. The summed E-state index contributed by atoms with van der Waals surface area (Å²) in [5.41, 5.74) is 2.91. The summed E-state index contributed by atoms with van der Waals surface area (Å²) in [7, 11) is 0. The number of amides is 1. The monoisotopic (exact) mass is 343 g/mol. The highest BCUT2D eigenvalue weighted by Gasteiger charge is 2.15. The number of carbonyl (C=O) groups excluding carboxylic acids is 1. The molecule has 0 bridgehead atoms. The van der Waals surface area contributed by atoms with Crippen LogP contribution in [0.2, 0.25) is 0 Å². The third-order valence-corrected chi connectivity index (χ3v) is 3.69. The Bertz CT molecular complexity index is 938. The molecule has 0 saturated carbocycles. The third kappa shape index (κ3) is 3.88. The molecule has 0 fully saturated rings. The van der Waals surface area contributed by atoms with Gasteiger partial charge in [-0.2, -0.15) is 0 Å². The van der Waals surface area contributed by atoms with Gasteiger partial charge in [0.1, 0.15) is 11.6 Å². The van der Waals surface area contributed by atoms with Gasteiger partial charge < -0.3 is 4.42 Å². The van der Waals surface area contributed by atoms with Gasteiger partial charge in [0.05, 0.1) is 12.0 Å². The molecule has 1 amide bonds. The first kappa shape index (κ1) is 16.8. The van der Waals surface area contributed by atoms with Crippen LogP contribution in [0.25, 0.3) is 11.5 Å². The van der Waals surface area contributed by atoms with E-state index in [1.165, 1.54) is 6.07 Å². The van der Waals surface area contributed by atoms with Crippen molar-refractivity contribution in [1.29, 1.82) is 0 Å². The van der Waals surface area contributed by atoms with Crippen LogP contribution in [0.3, 0.4) is 0 Å². The summed E-state index contributed by atoms with van der Waals surface area (Å²) >= 11 is 0. The fourth-order valence-corrected chi connectivity index (χ4v) is 2.37. The molecular formula is C18H15F2N3O2. The number of aromatic nitrogens is 2. The number of rotatable bonds is 4. The Morgan fingerprint density at radius 1 is 1.12 bits per heavy atom. The summed E-state index contributed by atoms with van der Waals surface area (Å²) in [6, 6.07) is 8.70. The van der Waals surface area contributed by atoms with E-state index >= 15 is 0 Å². The summed E-state index contributed by atoms with van der Waals surface area (Å²) in [6.45, 7) is 3.87. The van der Waals surface area contributed by atoms with E-state index in [4.69, 9.17) is 4.42 Å². The zero-order valence-electron chi connectivity index (χ0n) is 13.6. The average Bonchev–Trinajstić information content (AvgIpc) is 2.99. The topological polar surface area (TPSA) is 68.0 Å². The van der Waals surface area contributed by atoms with Crippen LogP contribution in [0.1, 0.15) is 16.7 Å². The van der Waals surface area contributed by atoms with E-state index in [9.17, 15) is 13.6 Å². The van der Waals surface area contributed by atoms with Crippen LogP contribution >= 0.6 is 0 Å². The molecule has 3 aromatic rings. The molecule has 0 atom stereocenters. The van der Waals surface area contributed by atoms with Crippen LogP contribution < -0.4 is 5.32 Å². The van der Waals surface area contributed by atoms with Crippen molar-refractivity contribution in [2.24, 2.45) is 0 Å². The Morgan fingerprint density at radius 2 is 1.92 bits per heavy atom. The van der Waals surface area contributed by atoms with Crippen LogP contribution in [0.15, 0.2) is 40.8 Å². The number of carbonyl (C=O) groups is 1. The molecule has 0 unspecified atom stereocenters. The zero-order chi connectivity index (χ0) is 18.0. The second-order valence-electron chi connectivity index (χ2n) is 5.69. The summed E-state index contributed by atoms with van der Waals surface area (Å²) in [4.78, 5) is 12.1. The molecule has 5 nitrogen and oxygen atoms in total. The minimum absolute atomic E-state index is 0.0380. The standard InChI is InChI=1S/C18H15F2N3O2/c1-10-3-4-11(2)12(7-10)8-16(24)21-18-23-22-17(25-18)14-6-5-13(19)9-15(14)20/h3-7,9H,8H2,1-2H3,(H,21,23,24). The molecule has 0 aliphatic heterocycles. The second kappa shape index (κ2) is 6.80. The summed E-state index contributed by atoms with van der Waals surface area (Å²) in [5.74, 6) is -2.00.